The molecule has 0 aromatic heterocycles. The van der Waals surface area contributed by atoms with Crippen LogP contribution in [-0.4, -0.2) is 6.08 Å². The molecular weight excluding hydrogens is 217 g/mol. The van der Waals surface area contributed by atoms with Gasteiger partial charge < -0.3 is 0 Å². The molecule has 0 aliphatic heterocycles. The van der Waals surface area contributed by atoms with E-state index in [1.165, 1.54) is 11.5 Å². The smallest absolute Gasteiger partial charge is 0.280 e. The van der Waals surface area contributed by atoms with E-state index in [0.29, 0.717) is 5.30 Å². The number of nitrogens with zero attached hydrogens (tertiary/aromatic N) is 1. The molecule has 1 aromatic carbocycles. The van der Waals surface area contributed by atoms with Gasteiger partial charge in [0, 0.05) is 5.30 Å². The maximum Gasteiger partial charge on any atom is 0.287 e. The van der Waals surface area contributed by atoms with E-state index in [1.54, 1.807) is 30.3 Å². The predicted octanol–water partition coefficient (Wildman–Crippen LogP) is 2.72. The number of hydrogen-bond acceptors (Lipinski definition) is 3. The molecule has 1 unspecified atom stereocenters. The maximum absolute atomic E-state index is 12.1. The summed E-state index contributed by atoms with van der Waals surface area (Å²) in [4.78, 5) is 10.2. The second kappa shape index (κ2) is 4.97. The van der Waals surface area contributed by atoms with E-state index < -0.39 is 6.49 Å². The second-order valence-electron chi connectivity index (χ2n) is 2.32. The Kier molecular flexibility index (Phi) is 3.90. The van der Waals surface area contributed by atoms with Crippen molar-refractivity contribution in [2.45, 2.75) is 0 Å². The Morgan fingerprint density at radius 3 is 2.57 bits per heavy atom. The average molecular weight is 225 g/mol. The fraction of sp³-hybridized carbons (Fsp3) is 0. The molecule has 0 saturated carbocycles. The van der Waals surface area contributed by atoms with E-state index in [0.717, 1.165) is 11.4 Å². The Morgan fingerprint density at radius 1 is 1.43 bits per heavy atom. The van der Waals surface area contributed by atoms with Gasteiger partial charge in [-0.2, -0.15) is 0 Å². The summed E-state index contributed by atoms with van der Waals surface area (Å²) in [5.41, 5.74) is 0. The van der Waals surface area contributed by atoms with Crippen molar-refractivity contribution in [2.75, 3.05) is 0 Å². The lowest BCUT2D eigenvalue weighted by Gasteiger charge is -2.07. The number of carbonyl (C=O) groups excluding carboxylic acids is 1. The van der Waals surface area contributed by atoms with Crippen LogP contribution in [0.5, 0.6) is 0 Å². The van der Waals surface area contributed by atoms with Crippen LogP contribution in [0.3, 0.4) is 0 Å². The molecule has 5 heteroatoms. The largest absolute Gasteiger partial charge is 0.287 e. The zero-order valence-corrected chi connectivity index (χ0v) is 9.00. The van der Waals surface area contributed by atoms with Crippen molar-refractivity contribution in [3.8, 4) is 0 Å². The normalized spacial score (nSPS) is 13.7. The van der Waals surface area contributed by atoms with Crippen molar-refractivity contribution in [3.63, 3.8) is 0 Å². The molecule has 0 bridgehead atoms. The highest BCUT2D eigenvalue weighted by Crippen LogP contribution is 2.58. The van der Waals surface area contributed by atoms with Crippen LogP contribution in [0.4, 0.5) is 0 Å². The van der Waals surface area contributed by atoms with E-state index in [2.05, 4.69) is 11.3 Å². The molecule has 0 fully saturated rings. The first-order valence-corrected chi connectivity index (χ1v) is 6.92. The van der Waals surface area contributed by atoms with Gasteiger partial charge in [-0.25, -0.2) is 4.79 Å². The quantitative estimate of drug-likeness (QED) is 0.449. The standard InChI is InChI=1S/C9H8NO2PS/c1-2-14-13(12,10-8-11)9-6-4-3-5-7-9/h2-7H,1H2. The lowest BCUT2D eigenvalue weighted by atomic mass is 10.4. The Labute approximate surface area is 86.1 Å². The van der Waals surface area contributed by atoms with Gasteiger partial charge in [0.2, 0.25) is 6.08 Å². The summed E-state index contributed by atoms with van der Waals surface area (Å²) in [5, 5.41) is 1.93. The first-order valence-electron chi connectivity index (χ1n) is 3.77. The van der Waals surface area contributed by atoms with Crippen molar-refractivity contribution in [2.24, 2.45) is 4.76 Å². The minimum atomic E-state index is -3.07. The highest BCUT2D eigenvalue weighted by molar-refractivity contribution is 8.61. The number of benzene rings is 1. The average Bonchev–Trinajstić information content (AvgIpc) is 2.20. The monoisotopic (exact) mass is 225 g/mol. The van der Waals surface area contributed by atoms with Crippen LogP contribution < -0.4 is 5.30 Å². The Morgan fingerprint density at radius 2 is 2.07 bits per heavy atom. The summed E-state index contributed by atoms with van der Waals surface area (Å²) in [6.07, 6.45) is 1.33. The van der Waals surface area contributed by atoms with E-state index in [1.807, 2.05) is 0 Å². The summed E-state index contributed by atoms with van der Waals surface area (Å²) in [6.45, 7) is 0.383. The predicted molar refractivity (Wildman–Crippen MR) is 59.6 cm³/mol. The molecule has 0 N–H and O–H groups in total. The van der Waals surface area contributed by atoms with Crippen LogP contribution in [-0.2, 0) is 9.36 Å². The molecule has 0 radical (unpaired) electrons. The first kappa shape index (κ1) is 11.0. The molecule has 14 heavy (non-hydrogen) atoms. The minimum Gasteiger partial charge on any atom is -0.280 e. The summed E-state index contributed by atoms with van der Waals surface area (Å²) in [5.74, 6) is 0. The van der Waals surface area contributed by atoms with Crippen LogP contribution in [0.25, 0.3) is 0 Å². The van der Waals surface area contributed by atoms with Crippen LogP contribution >= 0.6 is 17.9 Å². The molecule has 0 aliphatic rings. The zero-order valence-electron chi connectivity index (χ0n) is 7.29. The lowest BCUT2D eigenvalue weighted by Crippen LogP contribution is -1.98. The second-order valence-corrected chi connectivity index (χ2v) is 6.74. The van der Waals surface area contributed by atoms with E-state index >= 15 is 0 Å². The molecule has 1 atom stereocenters. The molecule has 0 saturated heterocycles. The number of rotatable bonds is 4. The van der Waals surface area contributed by atoms with Gasteiger partial charge in [-0.3, -0.25) is 4.57 Å². The molecular formula is C9H8NO2PS. The summed E-state index contributed by atoms with van der Waals surface area (Å²) >= 11 is 0.947. The highest BCUT2D eigenvalue weighted by atomic mass is 32.7. The van der Waals surface area contributed by atoms with E-state index in [-0.39, 0.29) is 0 Å². The van der Waals surface area contributed by atoms with Gasteiger partial charge in [0.15, 0.2) is 0 Å². The van der Waals surface area contributed by atoms with E-state index in [4.69, 9.17) is 0 Å². The molecule has 1 aromatic rings. The zero-order chi connectivity index (χ0) is 10.4. The lowest BCUT2D eigenvalue weighted by molar-refractivity contribution is 0.564. The van der Waals surface area contributed by atoms with Gasteiger partial charge >= 0.3 is 0 Å². The van der Waals surface area contributed by atoms with Gasteiger partial charge in [0.05, 0.1) is 0 Å². The van der Waals surface area contributed by atoms with Crippen molar-refractivity contribution in [1.29, 1.82) is 0 Å². The van der Waals surface area contributed by atoms with E-state index in [9.17, 15) is 9.36 Å². The fourth-order valence-corrected chi connectivity index (χ4v) is 3.63. The van der Waals surface area contributed by atoms with Gasteiger partial charge in [-0.15, -0.1) is 4.76 Å². The highest BCUT2D eigenvalue weighted by Gasteiger charge is 2.22. The Hall–Kier alpha value is -1.08. The Bertz CT molecular complexity index is 412. The van der Waals surface area contributed by atoms with Gasteiger partial charge in [0.1, 0.15) is 0 Å². The number of isocyanates is 1. The molecule has 0 heterocycles. The summed E-state index contributed by atoms with van der Waals surface area (Å²) in [7, 11) is 0. The first-order chi connectivity index (χ1) is 6.73. The Balaban J connectivity index is 3.19. The van der Waals surface area contributed by atoms with Crippen LogP contribution in [0.2, 0.25) is 0 Å². The molecule has 0 amide bonds. The van der Waals surface area contributed by atoms with Crippen LogP contribution in [0, 0.1) is 0 Å². The summed E-state index contributed by atoms with van der Waals surface area (Å²) < 4.78 is 15.4. The van der Waals surface area contributed by atoms with Gasteiger partial charge in [-0.1, -0.05) is 24.8 Å². The molecule has 1 rings (SSSR count). The topological polar surface area (TPSA) is 46.5 Å². The van der Waals surface area contributed by atoms with Crippen LogP contribution in [0.15, 0.2) is 47.1 Å². The molecule has 72 valence electrons. The third-order valence-electron chi connectivity index (χ3n) is 1.47. The number of hydrogen-bond donors (Lipinski definition) is 0. The third-order valence-corrected chi connectivity index (χ3v) is 5.38. The van der Waals surface area contributed by atoms with Crippen molar-refractivity contribution in [1.82, 2.24) is 0 Å². The molecule has 3 nitrogen and oxygen atoms in total. The van der Waals surface area contributed by atoms with Crippen molar-refractivity contribution in [3.05, 3.63) is 42.3 Å². The third kappa shape index (κ3) is 2.46. The van der Waals surface area contributed by atoms with Gasteiger partial charge in [0.25, 0.3) is 6.49 Å². The molecule has 0 aliphatic carbocycles. The maximum atomic E-state index is 12.1. The SMILES string of the molecule is C=CSP(=O)(N=C=O)c1ccccc1. The summed E-state index contributed by atoms with van der Waals surface area (Å²) in [6, 6.07) is 8.62. The van der Waals surface area contributed by atoms with Crippen molar-refractivity contribution < 1.29 is 9.36 Å². The van der Waals surface area contributed by atoms with Crippen LogP contribution in [0.1, 0.15) is 0 Å². The van der Waals surface area contributed by atoms with Gasteiger partial charge in [-0.05, 0) is 28.9 Å². The minimum absolute atomic E-state index is 0.522. The fourth-order valence-electron chi connectivity index (χ4n) is 0.913. The molecule has 0 spiro atoms. The van der Waals surface area contributed by atoms with Crippen molar-refractivity contribution >= 4 is 29.3 Å².